The zero-order chi connectivity index (χ0) is 15.5. The molecule has 0 spiro atoms. The van der Waals surface area contributed by atoms with Crippen LogP contribution in [0.25, 0.3) is 10.8 Å². The number of unbranched alkanes of at least 4 members (excludes halogenated alkanes) is 1. The normalized spacial score (nSPS) is 22.1. The first kappa shape index (κ1) is 15.3. The molecule has 1 saturated carbocycles. The highest BCUT2D eigenvalue weighted by Gasteiger charge is 2.22. The summed E-state index contributed by atoms with van der Waals surface area (Å²) in [6, 6.07) is 8.74. The van der Waals surface area contributed by atoms with E-state index in [2.05, 4.69) is 13.0 Å². The Balaban J connectivity index is 1.76. The van der Waals surface area contributed by atoms with Gasteiger partial charge in [-0.3, -0.25) is 0 Å². The molecule has 0 aliphatic heterocycles. The summed E-state index contributed by atoms with van der Waals surface area (Å²) in [5, 5.41) is 10.9. The minimum absolute atomic E-state index is 0.121. The molecule has 22 heavy (non-hydrogen) atoms. The molecule has 2 aromatic carbocycles. The lowest BCUT2D eigenvalue weighted by molar-refractivity contribution is 0.304. The maximum absolute atomic E-state index is 14.3. The quantitative estimate of drug-likeness (QED) is 0.718. The van der Waals surface area contributed by atoms with E-state index in [4.69, 9.17) is 0 Å². The lowest BCUT2D eigenvalue weighted by atomic mass is 9.77. The number of hydrogen-bond acceptors (Lipinski definition) is 1. The average Bonchev–Trinajstić information content (AvgIpc) is 2.54. The Hall–Kier alpha value is -1.57. The predicted molar refractivity (Wildman–Crippen MR) is 89.8 cm³/mol. The van der Waals surface area contributed by atoms with Gasteiger partial charge in [0.1, 0.15) is 11.6 Å². The zero-order valence-corrected chi connectivity index (χ0v) is 13.3. The fourth-order valence-corrected chi connectivity index (χ4v) is 3.84. The largest absolute Gasteiger partial charge is 0.508 e. The number of fused-ring (bicyclic) bond motifs is 1. The molecular weight excluding hydrogens is 275 g/mol. The summed E-state index contributed by atoms with van der Waals surface area (Å²) in [4.78, 5) is 0. The Bertz CT molecular complexity index is 641. The van der Waals surface area contributed by atoms with E-state index in [9.17, 15) is 9.50 Å². The van der Waals surface area contributed by atoms with Crippen LogP contribution in [0.1, 0.15) is 63.4 Å². The Morgan fingerprint density at radius 2 is 1.86 bits per heavy atom. The molecule has 1 aliphatic carbocycles. The van der Waals surface area contributed by atoms with Gasteiger partial charge in [-0.05, 0) is 66.7 Å². The van der Waals surface area contributed by atoms with Crippen molar-refractivity contribution in [3.05, 3.63) is 41.7 Å². The number of hydrogen-bond donors (Lipinski definition) is 1. The summed E-state index contributed by atoms with van der Waals surface area (Å²) in [5.41, 5.74) is 1.13. The average molecular weight is 300 g/mol. The van der Waals surface area contributed by atoms with Gasteiger partial charge in [-0.25, -0.2) is 4.39 Å². The molecule has 0 radical (unpaired) electrons. The number of halogens is 1. The molecule has 0 bridgehead atoms. The summed E-state index contributed by atoms with van der Waals surface area (Å²) < 4.78 is 14.3. The first-order chi connectivity index (χ1) is 10.7. The fourth-order valence-electron chi connectivity index (χ4n) is 3.84. The van der Waals surface area contributed by atoms with Crippen LogP contribution in [0.5, 0.6) is 5.75 Å². The van der Waals surface area contributed by atoms with Crippen LogP contribution in [-0.4, -0.2) is 5.11 Å². The second kappa shape index (κ2) is 6.68. The molecule has 118 valence electrons. The molecule has 0 saturated heterocycles. The van der Waals surface area contributed by atoms with Crippen LogP contribution in [-0.2, 0) is 0 Å². The van der Waals surface area contributed by atoms with Crippen molar-refractivity contribution in [1.82, 2.24) is 0 Å². The second-order valence-electron chi connectivity index (χ2n) is 6.77. The Labute approximate surface area is 132 Å². The highest BCUT2D eigenvalue weighted by atomic mass is 19.1. The molecule has 3 rings (SSSR count). The van der Waals surface area contributed by atoms with Crippen LogP contribution in [0.15, 0.2) is 30.3 Å². The van der Waals surface area contributed by atoms with Gasteiger partial charge in [-0.2, -0.15) is 0 Å². The van der Waals surface area contributed by atoms with Crippen molar-refractivity contribution >= 4 is 10.8 Å². The molecule has 1 fully saturated rings. The van der Waals surface area contributed by atoms with Gasteiger partial charge in [0.05, 0.1) is 0 Å². The van der Waals surface area contributed by atoms with Crippen molar-refractivity contribution in [2.45, 2.75) is 57.8 Å². The van der Waals surface area contributed by atoms with Gasteiger partial charge >= 0.3 is 0 Å². The standard InChI is InChI=1S/C20H25FO/c1-2-3-4-14-5-7-15(8-6-14)17-11-16-9-10-18(22)13-19(16)20(21)12-17/h9-15,22H,2-8H2,1H3. The van der Waals surface area contributed by atoms with Crippen LogP contribution >= 0.6 is 0 Å². The molecule has 0 heterocycles. The molecule has 1 aliphatic rings. The summed E-state index contributed by atoms with van der Waals surface area (Å²) >= 11 is 0. The molecule has 2 heteroatoms. The first-order valence-corrected chi connectivity index (χ1v) is 8.59. The maximum atomic E-state index is 14.3. The number of phenols is 1. The summed E-state index contributed by atoms with van der Waals surface area (Å²) in [7, 11) is 0. The third-order valence-corrected chi connectivity index (χ3v) is 5.19. The summed E-state index contributed by atoms with van der Waals surface area (Å²) in [6.07, 6.45) is 8.88. The Morgan fingerprint density at radius 3 is 2.59 bits per heavy atom. The SMILES string of the molecule is CCCCC1CCC(c2cc(F)c3cc(O)ccc3c2)CC1. The van der Waals surface area contributed by atoms with Crippen molar-refractivity contribution in [2.24, 2.45) is 5.92 Å². The second-order valence-corrected chi connectivity index (χ2v) is 6.77. The molecule has 2 aromatic rings. The number of phenolic OH excluding ortho intramolecular Hbond substituents is 1. The van der Waals surface area contributed by atoms with Crippen LogP contribution in [0, 0.1) is 11.7 Å². The monoisotopic (exact) mass is 300 g/mol. The summed E-state index contributed by atoms with van der Waals surface area (Å²) in [6.45, 7) is 2.25. The van der Waals surface area contributed by atoms with Crippen LogP contribution in [0.4, 0.5) is 4.39 Å². The Morgan fingerprint density at radius 1 is 1.09 bits per heavy atom. The molecule has 1 N–H and O–H groups in total. The maximum Gasteiger partial charge on any atom is 0.131 e. The van der Waals surface area contributed by atoms with Crippen molar-refractivity contribution in [3.8, 4) is 5.75 Å². The van der Waals surface area contributed by atoms with Crippen molar-refractivity contribution < 1.29 is 9.50 Å². The van der Waals surface area contributed by atoms with Gasteiger partial charge in [-0.15, -0.1) is 0 Å². The highest BCUT2D eigenvalue weighted by molar-refractivity contribution is 5.85. The minimum Gasteiger partial charge on any atom is -0.508 e. The van der Waals surface area contributed by atoms with Gasteiger partial charge < -0.3 is 5.11 Å². The van der Waals surface area contributed by atoms with E-state index in [1.165, 1.54) is 51.0 Å². The van der Waals surface area contributed by atoms with E-state index in [0.717, 1.165) is 16.9 Å². The van der Waals surface area contributed by atoms with Gasteiger partial charge in [0.15, 0.2) is 0 Å². The van der Waals surface area contributed by atoms with Gasteiger partial charge in [0.2, 0.25) is 0 Å². The third kappa shape index (κ3) is 3.26. The van der Waals surface area contributed by atoms with E-state index in [1.54, 1.807) is 12.1 Å². The molecule has 0 amide bonds. The number of aromatic hydroxyl groups is 1. The van der Waals surface area contributed by atoms with Gasteiger partial charge in [0.25, 0.3) is 0 Å². The highest BCUT2D eigenvalue weighted by Crippen LogP contribution is 2.39. The van der Waals surface area contributed by atoms with Crippen molar-refractivity contribution in [2.75, 3.05) is 0 Å². The van der Waals surface area contributed by atoms with Gasteiger partial charge in [0, 0.05) is 5.39 Å². The van der Waals surface area contributed by atoms with E-state index in [-0.39, 0.29) is 11.6 Å². The lowest BCUT2D eigenvalue weighted by Crippen LogP contribution is -2.13. The molecule has 0 atom stereocenters. The third-order valence-electron chi connectivity index (χ3n) is 5.19. The van der Waals surface area contributed by atoms with Crippen LogP contribution < -0.4 is 0 Å². The first-order valence-electron chi connectivity index (χ1n) is 8.59. The molecule has 0 unspecified atom stereocenters. The minimum atomic E-state index is -0.212. The van der Waals surface area contributed by atoms with E-state index in [0.29, 0.717) is 11.3 Å². The van der Waals surface area contributed by atoms with Gasteiger partial charge in [-0.1, -0.05) is 38.3 Å². The van der Waals surface area contributed by atoms with Crippen molar-refractivity contribution in [1.29, 1.82) is 0 Å². The van der Waals surface area contributed by atoms with Crippen LogP contribution in [0.3, 0.4) is 0 Å². The number of rotatable bonds is 4. The molecule has 1 nitrogen and oxygen atoms in total. The van der Waals surface area contributed by atoms with Crippen molar-refractivity contribution in [3.63, 3.8) is 0 Å². The van der Waals surface area contributed by atoms with E-state index >= 15 is 0 Å². The Kier molecular flexibility index (Phi) is 4.66. The molecular formula is C20H25FO. The van der Waals surface area contributed by atoms with E-state index in [1.807, 2.05) is 6.07 Å². The topological polar surface area (TPSA) is 20.2 Å². The molecule has 0 aromatic heterocycles. The lowest BCUT2D eigenvalue weighted by Gasteiger charge is -2.29. The van der Waals surface area contributed by atoms with Crippen LogP contribution in [0.2, 0.25) is 0 Å². The van der Waals surface area contributed by atoms with E-state index < -0.39 is 0 Å². The zero-order valence-electron chi connectivity index (χ0n) is 13.3. The predicted octanol–water partition coefficient (Wildman–Crippen LogP) is 6.15. The summed E-state index contributed by atoms with van der Waals surface area (Å²) in [5.74, 6) is 1.27. The number of benzene rings is 2. The smallest absolute Gasteiger partial charge is 0.131 e. The fraction of sp³-hybridized carbons (Fsp3) is 0.500.